The van der Waals surface area contributed by atoms with Crippen molar-refractivity contribution in [3.05, 3.63) is 24.2 Å². The van der Waals surface area contributed by atoms with Gasteiger partial charge < -0.3 is 19.0 Å². The largest absolute Gasteiger partial charge is 0.467 e. The van der Waals surface area contributed by atoms with Crippen molar-refractivity contribution in [3.63, 3.8) is 0 Å². The van der Waals surface area contributed by atoms with Gasteiger partial charge in [0.1, 0.15) is 5.76 Å². The molecule has 2 rings (SSSR count). The lowest BCUT2D eigenvalue weighted by Crippen LogP contribution is -2.41. The highest BCUT2D eigenvalue weighted by atomic mass is 16.5. The summed E-state index contributed by atoms with van der Waals surface area (Å²) in [5.74, 6) is 0.909. The summed E-state index contributed by atoms with van der Waals surface area (Å²) in [4.78, 5) is 28.4. The molecule has 23 heavy (non-hydrogen) atoms. The Morgan fingerprint density at radius 3 is 2.91 bits per heavy atom. The lowest BCUT2D eigenvalue weighted by Gasteiger charge is -2.27. The molecule has 1 aliphatic rings. The molecule has 1 unspecified atom stereocenters. The Morgan fingerprint density at radius 2 is 2.30 bits per heavy atom. The van der Waals surface area contributed by atoms with Gasteiger partial charge in [-0.15, -0.1) is 0 Å². The molecule has 1 aromatic heterocycles. The van der Waals surface area contributed by atoms with E-state index in [1.165, 1.54) is 0 Å². The normalized spacial score (nSPS) is 18.0. The summed E-state index contributed by atoms with van der Waals surface area (Å²) < 4.78 is 10.4. The molecule has 1 aromatic rings. The summed E-state index contributed by atoms with van der Waals surface area (Å²) >= 11 is 0. The lowest BCUT2D eigenvalue weighted by atomic mass is 10.1. The van der Waals surface area contributed by atoms with Gasteiger partial charge in [-0.3, -0.25) is 9.59 Å². The zero-order chi connectivity index (χ0) is 16.8. The van der Waals surface area contributed by atoms with Gasteiger partial charge in [-0.2, -0.15) is 0 Å². The van der Waals surface area contributed by atoms with Crippen LogP contribution in [0.25, 0.3) is 0 Å². The Morgan fingerprint density at radius 1 is 1.52 bits per heavy atom. The molecule has 2 amide bonds. The van der Waals surface area contributed by atoms with E-state index in [-0.39, 0.29) is 24.2 Å². The summed E-state index contributed by atoms with van der Waals surface area (Å²) in [6.07, 6.45) is 1.87. The molecule has 0 bridgehead atoms. The third-order valence-corrected chi connectivity index (χ3v) is 3.95. The number of furan rings is 1. The van der Waals surface area contributed by atoms with Crippen LogP contribution < -0.4 is 0 Å². The van der Waals surface area contributed by atoms with E-state index in [0.29, 0.717) is 38.7 Å². The highest BCUT2D eigenvalue weighted by molar-refractivity contribution is 5.89. The quantitative estimate of drug-likeness (QED) is 0.731. The topological polar surface area (TPSA) is 63.0 Å². The zero-order valence-electron chi connectivity index (χ0n) is 14.2. The molecule has 1 saturated heterocycles. The molecule has 6 nitrogen and oxygen atoms in total. The number of rotatable bonds is 8. The number of hydrogen-bond acceptors (Lipinski definition) is 4. The van der Waals surface area contributed by atoms with E-state index in [1.54, 1.807) is 24.3 Å². The van der Waals surface area contributed by atoms with E-state index in [4.69, 9.17) is 9.15 Å². The van der Waals surface area contributed by atoms with Gasteiger partial charge in [-0.1, -0.05) is 13.8 Å². The molecular formula is C17H26N2O4. The van der Waals surface area contributed by atoms with Gasteiger partial charge >= 0.3 is 0 Å². The second kappa shape index (κ2) is 8.15. The van der Waals surface area contributed by atoms with Crippen LogP contribution in [0.3, 0.4) is 0 Å². The maximum absolute atomic E-state index is 12.7. The van der Waals surface area contributed by atoms with Crippen LogP contribution in [0, 0.1) is 11.8 Å². The van der Waals surface area contributed by atoms with Crippen LogP contribution >= 0.6 is 0 Å². The summed E-state index contributed by atoms with van der Waals surface area (Å²) in [6.45, 7) is 6.81. The van der Waals surface area contributed by atoms with Crippen molar-refractivity contribution in [2.45, 2.75) is 26.8 Å². The van der Waals surface area contributed by atoms with Gasteiger partial charge in [0.25, 0.3) is 0 Å². The predicted octanol–water partition coefficient (Wildman–Crippen LogP) is 1.76. The fourth-order valence-corrected chi connectivity index (χ4v) is 2.87. The Labute approximate surface area is 137 Å². The minimum atomic E-state index is -0.270. The maximum Gasteiger partial charge on any atom is 0.228 e. The van der Waals surface area contributed by atoms with Crippen molar-refractivity contribution in [2.75, 3.05) is 33.4 Å². The van der Waals surface area contributed by atoms with E-state index in [0.717, 1.165) is 5.76 Å². The fraction of sp³-hybridized carbons (Fsp3) is 0.647. The van der Waals surface area contributed by atoms with Crippen LogP contribution in [-0.4, -0.2) is 55.0 Å². The number of methoxy groups -OCH3 is 1. The monoisotopic (exact) mass is 322 g/mol. The van der Waals surface area contributed by atoms with Crippen molar-refractivity contribution in [3.8, 4) is 0 Å². The van der Waals surface area contributed by atoms with Crippen molar-refractivity contribution >= 4 is 11.8 Å². The van der Waals surface area contributed by atoms with Crippen molar-refractivity contribution in [1.29, 1.82) is 0 Å². The molecule has 1 fully saturated rings. The molecule has 0 aliphatic carbocycles. The molecule has 1 atom stereocenters. The summed E-state index contributed by atoms with van der Waals surface area (Å²) in [5, 5.41) is 0. The minimum Gasteiger partial charge on any atom is -0.467 e. The average Bonchev–Trinajstić information content (AvgIpc) is 3.13. The molecule has 1 aliphatic heterocycles. The number of carbonyl (C=O) groups is 2. The highest BCUT2D eigenvalue weighted by Gasteiger charge is 2.36. The first-order chi connectivity index (χ1) is 11.0. The van der Waals surface area contributed by atoms with Gasteiger partial charge in [-0.05, 0) is 18.1 Å². The van der Waals surface area contributed by atoms with E-state index in [9.17, 15) is 9.59 Å². The molecule has 0 radical (unpaired) electrons. The van der Waals surface area contributed by atoms with Crippen molar-refractivity contribution in [1.82, 2.24) is 9.80 Å². The van der Waals surface area contributed by atoms with Crippen LogP contribution in [0.1, 0.15) is 26.0 Å². The smallest absolute Gasteiger partial charge is 0.228 e. The standard InChI is InChI=1S/C17H26N2O4/c1-13(2)10-18(6-8-22-3)17(21)14-9-16(20)19(11-14)12-15-5-4-7-23-15/h4-5,7,13-14H,6,8-12H2,1-3H3. The Kier molecular flexibility index (Phi) is 6.21. The van der Waals surface area contributed by atoms with Crippen molar-refractivity contribution in [2.24, 2.45) is 11.8 Å². The Bertz CT molecular complexity index is 513. The molecular weight excluding hydrogens is 296 g/mol. The number of ether oxygens (including phenoxy) is 1. The van der Waals surface area contributed by atoms with E-state index >= 15 is 0 Å². The van der Waals surface area contributed by atoms with Crippen LogP contribution in [0.15, 0.2) is 22.8 Å². The molecule has 0 saturated carbocycles. The van der Waals surface area contributed by atoms with Gasteiger partial charge in [0.2, 0.25) is 11.8 Å². The summed E-state index contributed by atoms with van der Waals surface area (Å²) in [6, 6.07) is 3.64. The first-order valence-corrected chi connectivity index (χ1v) is 8.09. The van der Waals surface area contributed by atoms with Crippen LogP contribution in [-0.2, 0) is 20.9 Å². The number of carbonyl (C=O) groups excluding carboxylic acids is 2. The van der Waals surface area contributed by atoms with E-state index in [1.807, 2.05) is 11.0 Å². The minimum absolute atomic E-state index is 0.0102. The summed E-state index contributed by atoms with van der Waals surface area (Å²) in [7, 11) is 1.63. The van der Waals surface area contributed by atoms with Gasteiger partial charge in [0.15, 0.2) is 0 Å². The molecule has 6 heteroatoms. The van der Waals surface area contributed by atoms with E-state index in [2.05, 4.69) is 13.8 Å². The SMILES string of the molecule is COCCN(CC(C)C)C(=O)C1CC(=O)N(Cc2ccco2)C1. The van der Waals surface area contributed by atoms with Crippen LogP contribution in [0.2, 0.25) is 0 Å². The molecule has 128 valence electrons. The van der Waals surface area contributed by atoms with Crippen molar-refractivity contribution < 1.29 is 18.7 Å². The first kappa shape index (κ1) is 17.5. The fourth-order valence-electron chi connectivity index (χ4n) is 2.87. The highest BCUT2D eigenvalue weighted by Crippen LogP contribution is 2.22. The van der Waals surface area contributed by atoms with Crippen LogP contribution in [0.4, 0.5) is 0 Å². The van der Waals surface area contributed by atoms with E-state index < -0.39 is 0 Å². The zero-order valence-corrected chi connectivity index (χ0v) is 14.2. The Hall–Kier alpha value is -1.82. The lowest BCUT2D eigenvalue weighted by molar-refractivity contribution is -0.137. The molecule has 2 heterocycles. The second-order valence-corrected chi connectivity index (χ2v) is 6.43. The van der Waals surface area contributed by atoms with Gasteiger partial charge in [-0.25, -0.2) is 0 Å². The average molecular weight is 322 g/mol. The third kappa shape index (κ3) is 4.82. The molecule has 0 aromatic carbocycles. The van der Waals surface area contributed by atoms with Crippen LogP contribution in [0.5, 0.6) is 0 Å². The summed E-state index contributed by atoms with van der Waals surface area (Å²) in [5.41, 5.74) is 0. The Balaban J connectivity index is 1.96. The number of amides is 2. The molecule has 0 N–H and O–H groups in total. The number of nitrogens with zero attached hydrogens (tertiary/aromatic N) is 2. The second-order valence-electron chi connectivity index (χ2n) is 6.43. The number of hydrogen-bond donors (Lipinski definition) is 0. The van der Waals surface area contributed by atoms with Gasteiger partial charge in [0, 0.05) is 33.2 Å². The molecule has 0 spiro atoms. The maximum atomic E-state index is 12.7. The first-order valence-electron chi connectivity index (χ1n) is 8.09. The third-order valence-electron chi connectivity index (χ3n) is 3.95. The van der Waals surface area contributed by atoms with Gasteiger partial charge in [0.05, 0.1) is 25.3 Å². The number of likely N-dealkylation sites (tertiary alicyclic amines) is 1. The predicted molar refractivity (Wildman–Crippen MR) is 85.5 cm³/mol.